The topological polar surface area (TPSA) is 49.3 Å². The van der Waals surface area contributed by atoms with E-state index in [2.05, 4.69) is 81.8 Å². The second-order valence-electron chi connectivity index (χ2n) is 7.75. The largest absolute Gasteiger partial charge is 0.349 e. The molecule has 3 aromatic rings. The predicted octanol–water partition coefficient (Wildman–Crippen LogP) is 3.68. The lowest BCUT2D eigenvalue weighted by molar-refractivity contribution is 0.130. The van der Waals surface area contributed by atoms with Gasteiger partial charge in [0, 0.05) is 50.7 Å². The fraction of sp³-hybridized carbons (Fsp3) is 0.292. The highest BCUT2D eigenvalue weighted by Gasteiger charge is 2.26. The Kier molecular flexibility index (Phi) is 5.96. The second kappa shape index (κ2) is 8.97. The van der Waals surface area contributed by atoms with E-state index in [0.717, 1.165) is 25.2 Å². The first-order valence-corrected chi connectivity index (χ1v) is 10.2. The van der Waals surface area contributed by atoms with Gasteiger partial charge < -0.3 is 15.2 Å². The first-order valence-electron chi connectivity index (χ1n) is 10.2. The van der Waals surface area contributed by atoms with Crippen LogP contribution >= 0.6 is 0 Å². The number of nitrogens with zero attached hydrogens (tertiary/aromatic N) is 2. The SMILES string of the molecule is Cc1ccc(CNC(=O)NCC2Cn3cccc3CN2Cc2ccccc2)cc1. The zero-order chi connectivity index (χ0) is 20.1. The molecule has 0 saturated carbocycles. The van der Waals surface area contributed by atoms with Crippen molar-refractivity contribution in [3.8, 4) is 0 Å². The molecule has 0 bridgehead atoms. The van der Waals surface area contributed by atoms with Crippen molar-refractivity contribution in [1.29, 1.82) is 0 Å². The van der Waals surface area contributed by atoms with Crippen molar-refractivity contribution < 1.29 is 4.79 Å². The van der Waals surface area contributed by atoms with E-state index < -0.39 is 0 Å². The summed E-state index contributed by atoms with van der Waals surface area (Å²) in [5.74, 6) is 0. The highest BCUT2D eigenvalue weighted by molar-refractivity contribution is 5.73. The molecule has 29 heavy (non-hydrogen) atoms. The van der Waals surface area contributed by atoms with Crippen LogP contribution in [0.25, 0.3) is 0 Å². The summed E-state index contributed by atoms with van der Waals surface area (Å²) in [7, 11) is 0. The summed E-state index contributed by atoms with van der Waals surface area (Å²) in [5.41, 5.74) is 4.94. The lowest BCUT2D eigenvalue weighted by Crippen LogP contribution is -2.50. The van der Waals surface area contributed by atoms with Crippen molar-refractivity contribution >= 4 is 6.03 Å². The summed E-state index contributed by atoms with van der Waals surface area (Å²) in [6, 6.07) is 23.1. The van der Waals surface area contributed by atoms with Crippen molar-refractivity contribution in [1.82, 2.24) is 20.1 Å². The average molecular weight is 389 g/mol. The fourth-order valence-electron chi connectivity index (χ4n) is 3.81. The van der Waals surface area contributed by atoms with Gasteiger partial charge in [-0.05, 0) is 30.2 Å². The molecule has 1 aliphatic rings. The number of hydrogen-bond acceptors (Lipinski definition) is 2. The third kappa shape index (κ3) is 5.06. The van der Waals surface area contributed by atoms with Gasteiger partial charge in [-0.2, -0.15) is 0 Å². The molecule has 2 N–H and O–H groups in total. The number of carbonyl (C=O) groups excluding carboxylic acids is 1. The van der Waals surface area contributed by atoms with E-state index in [1.54, 1.807) is 0 Å². The van der Waals surface area contributed by atoms with E-state index in [4.69, 9.17) is 0 Å². The number of fused-ring (bicyclic) bond motifs is 1. The third-order valence-electron chi connectivity index (χ3n) is 5.51. The summed E-state index contributed by atoms with van der Waals surface area (Å²) in [5, 5.41) is 6.03. The number of amides is 2. The molecule has 1 aliphatic heterocycles. The Balaban J connectivity index is 1.34. The Labute approximate surface area is 172 Å². The summed E-state index contributed by atoms with van der Waals surface area (Å²) < 4.78 is 2.29. The Morgan fingerprint density at radius 1 is 0.966 bits per heavy atom. The molecule has 2 amide bonds. The zero-order valence-corrected chi connectivity index (χ0v) is 16.8. The summed E-state index contributed by atoms with van der Waals surface area (Å²) in [6.07, 6.45) is 2.12. The van der Waals surface area contributed by atoms with Crippen LogP contribution in [0.2, 0.25) is 0 Å². The quantitative estimate of drug-likeness (QED) is 0.677. The van der Waals surface area contributed by atoms with E-state index in [1.807, 2.05) is 18.2 Å². The molecule has 0 aliphatic carbocycles. The molecule has 0 fully saturated rings. The van der Waals surface area contributed by atoms with Gasteiger partial charge in [0.1, 0.15) is 0 Å². The number of benzene rings is 2. The molecule has 0 spiro atoms. The third-order valence-corrected chi connectivity index (χ3v) is 5.51. The van der Waals surface area contributed by atoms with Gasteiger partial charge >= 0.3 is 6.03 Å². The minimum absolute atomic E-state index is 0.122. The second-order valence-corrected chi connectivity index (χ2v) is 7.75. The normalized spacial score (nSPS) is 16.2. The van der Waals surface area contributed by atoms with Gasteiger partial charge in [0.2, 0.25) is 0 Å². The van der Waals surface area contributed by atoms with Crippen molar-refractivity contribution in [2.24, 2.45) is 0 Å². The van der Waals surface area contributed by atoms with Crippen LogP contribution in [0, 0.1) is 6.92 Å². The lowest BCUT2D eigenvalue weighted by atomic mass is 10.1. The van der Waals surface area contributed by atoms with E-state index in [9.17, 15) is 4.79 Å². The highest BCUT2D eigenvalue weighted by Crippen LogP contribution is 2.20. The Hall–Kier alpha value is -3.05. The minimum Gasteiger partial charge on any atom is -0.349 e. The summed E-state index contributed by atoms with van der Waals surface area (Å²) in [4.78, 5) is 14.8. The molecular weight excluding hydrogens is 360 g/mol. The maximum atomic E-state index is 12.3. The first kappa shape index (κ1) is 19.3. The molecule has 1 aromatic heterocycles. The number of carbonyl (C=O) groups is 1. The van der Waals surface area contributed by atoms with Crippen molar-refractivity contribution in [3.05, 3.63) is 95.3 Å². The first-order chi connectivity index (χ1) is 14.2. The number of hydrogen-bond donors (Lipinski definition) is 2. The van der Waals surface area contributed by atoms with Gasteiger partial charge in [0.15, 0.2) is 0 Å². The van der Waals surface area contributed by atoms with Crippen LogP contribution in [0.5, 0.6) is 0 Å². The average Bonchev–Trinajstić information content (AvgIpc) is 3.19. The number of aryl methyl sites for hydroxylation is 1. The van der Waals surface area contributed by atoms with E-state index in [-0.39, 0.29) is 12.1 Å². The van der Waals surface area contributed by atoms with E-state index in [0.29, 0.717) is 13.1 Å². The van der Waals surface area contributed by atoms with Crippen molar-refractivity contribution in [2.75, 3.05) is 6.54 Å². The van der Waals surface area contributed by atoms with E-state index >= 15 is 0 Å². The Morgan fingerprint density at radius 2 is 1.76 bits per heavy atom. The summed E-state index contributed by atoms with van der Waals surface area (Å²) >= 11 is 0. The van der Waals surface area contributed by atoms with Crippen molar-refractivity contribution in [3.63, 3.8) is 0 Å². The van der Waals surface area contributed by atoms with Crippen LogP contribution in [0.3, 0.4) is 0 Å². The minimum atomic E-state index is -0.122. The molecule has 5 nitrogen and oxygen atoms in total. The fourth-order valence-corrected chi connectivity index (χ4v) is 3.81. The molecule has 1 unspecified atom stereocenters. The Bertz CT molecular complexity index is 933. The number of rotatable bonds is 6. The molecule has 0 radical (unpaired) electrons. The highest BCUT2D eigenvalue weighted by atomic mass is 16.2. The lowest BCUT2D eigenvalue weighted by Gasteiger charge is -2.37. The van der Waals surface area contributed by atoms with Gasteiger partial charge in [-0.1, -0.05) is 60.2 Å². The number of urea groups is 1. The van der Waals surface area contributed by atoms with Gasteiger partial charge in [0.05, 0.1) is 0 Å². The zero-order valence-electron chi connectivity index (χ0n) is 16.8. The van der Waals surface area contributed by atoms with Crippen LogP contribution in [-0.2, 0) is 26.2 Å². The van der Waals surface area contributed by atoms with Gasteiger partial charge in [0.25, 0.3) is 0 Å². The summed E-state index contributed by atoms with van der Waals surface area (Å²) in [6.45, 7) is 5.86. The van der Waals surface area contributed by atoms with Crippen LogP contribution in [0.1, 0.15) is 22.4 Å². The molecular formula is C24H28N4O. The molecule has 2 aromatic carbocycles. The van der Waals surface area contributed by atoms with Crippen molar-refractivity contribution in [2.45, 2.75) is 39.1 Å². The number of aromatic nitrogens is 1. The molecule has 4 rings (SSSR count). The predicted molar refractivity (Wildman–Crippen MR) is 115 cm³/mol. The maximum absolute atomic E-state index is 12.3. The molecule has 0 saturated heterocycles. The smallest absolute Gasteiger partial charge is 0.315 e. The monoisotopic (exact) mass is 388 g/mol. The van der Waals surface area contributed by atoms with Crippen LogP contribution in [-0.4, -0.2) is 28.1 Å². The molecule has 5 heteroatoms. The van der Waals surface area contributed by atoms with Gasteiger partial charge in [-0.15, -0.1) is 0 Å². The maximum Gasteiger partial charge on any atom is 0.315 e. The van der Waals surface area contributed by atoms with Crippen LogP contribution in [0.4, 0.5) is 4.79 Å². The van der Waals surface area contributed by atoms with Crippen LogP contribution < -0.4 is 10.6 Å². The number of nitrogens with one attached hydrogen (secondary N) is 2. The molecule has 1 atom stereocenters. The van der Waals surface area contributed by atoms with Gasteiger partial charge in [-0.25, -0.2) is 4.79 Å². The molecule has 2 heterocycles. The van der Waals surface area contributed by atoms with Crippen LogP contribution in [0.15, 0.2) is 72.9 Å². The van der Waals surface area contributed by atoms with Gasteiger partial charge in [-0.3, -0.25) is 4.90 Å². The molecule has 150 valence electrons. The standard InChI is InChI=1S/C24H28N4O/c1-19-9-11-20(12-10-19)14-25-24(29)26-15-23-18-27-13-5-8-22(27)17-28(23)16-21-6-3-2-4-7-21/h2-13,23H,14-18H2,1H3,(H2,25,26,29). The van der Waals surface area contributed by atoms with E-state index in [1.165, 1.54) is 16.8 Å². The Morgan fingerprint density at radius 3 is 2.55 bits per heavy atom.